The molecule has 3 N–H and O–H groups in total. The van der Waals surface area contributed by atoms with Gasteiger partial charge in [-0.2, -0.15) is 0 Å². The van der Waals surface area contributed by atoms with E-state index in [4.69, 9.17) is 5.73 Å². The van der Waals surface area contributed by atoms with Crippen LogP contribution >= 0.6 is 0 Å². The minimum Gasteiger partial charge on any atom is -0.399 e. The van der Waals surface area contributed by atoms with Crippen LogP contribution < -0.4 is 11.1 Å². The molecule has 0 aliphatic heterocycles. The van der Waals surface area contributed by atoms with Gasteiger partial charge in [-0.05, 0) is 31.5 Å². The molecule has 0 radical (unpaired) electrons. The molecule has 0 aliphatic carbocycles. The van der Waals surface area contributed by atoms with E-state index >= 15 is 0 Å². The fraction of sp³-hybridized carbons (Fsp3) is 0.250. The summed E-state index contributed by atoms with van der Waals surface area (Å²) in [5.41, 5.74) is 6.77. The van der Waals surface area contributed by atoms with E-state index in [1.165, 1.54) is 0 Å². The number of hydrogen-bond donors (Lipinski definition) is 2. The second-order valence-electron chi connectivity index (χ2n) is 3.52. The van der Waals surface area contributed by atoms with Crippen molar-refractivity contribution in [2.75, 3.05) is 5.73 Å². The lowest BCUT2D eigenvalue weighted by Gasteiger charge is -2.11. The maximum Gasteiger partial charge on any atom is 0.251 e. The predicted molar refractivity (Wildman–Crippen MR) is 62.6 cm³/mol. The fourth-order valence-corrected chi connectivity index (χ4v) is 1.30. The smallest absolute Gasteiger partial charge is 0.251 e. The largest absolute Gasteiger partial charge is 0.399 e. The van der Waals surface area contributed by atoms with Gasteiger partial charge in [0.2, 0.25) is 0 Å². The van der Waals surface area contributed by atoms with Crippen LogP contribution in [0.15, 0.2) is 36.9 Å². The predicted octanol–water partition coefficient (Wildman–Crippen LogP) is 1.96. The number of rotatable bonds is 4. The van der Waals surface area contributed by atoms with Crippen molar-refractivity contribution in [3.8, 4) is 0 Å². The SMILES string of the molecule is C=CCC(C)NC(=O)c1cccc(N)c1. The Morgan fingerprint density at radius 2 is 2.40 bits per heavy atom. The van der Waals surface area contributed by atoms with Crippen LogP contribution in [0.5, 0.6) is 0 Å². The summed E-state index contributed by atoms with van der Waals surface area (Å²) in [6, 6.07) is 7.02. The number of nitrogens with two attached hydrogens (primary N) is 1. The Bertz CT molecular complexity index is 360. The summed E-state index contributed by atoms with van der Waals surface area (Å²) < 4.78 is 0. The van der Waals surface area contributed by atoms with Gasteiger partial charge in [-0.1, -0.05) is 12.1 Å². The topological polar surface area (TPSA) is 55.1 Å². The van der Waals surface area contributed by atoms with E-state index in [0.717, 1.165) is 6.42 Å². The van der Waals surface area contributed by atoms with Gasteiger partial charge in [0.15, 0.2) is 0 Å². The summed E-state index contributed by atoms with van der Waals surface area (Å²) in [6.07, 6.45) is 2.54. The molecule has 0 spiro atoms. The third-order valence-corrected chi connectivity index (χ3v) is 2.05. The highest BCUT2D eigenvalue weighted by Gasteiger charge is 2.08. The Balaban J connectivity index is 2.65. The first-order valence-corrected chi connectivity index (χ1v) is 4.90. The van der Waals surface area contributed by atoms with Crippen LogP contribution in [0.3, 0.4) is 0 Å². The van der Waals surface area contributed by atoms with Crippen LogP contribution in [0.4, 0.5) is 5.69 Å². The summed E-state index contributed by atoms with van der Waals surface area (Å²) in [6.45, 7) is 5.56. The Morgan fingerprint density at radius 1 is 1.67 bits per heavy atom. The molecule has 0 saturated heterocycles. The molecule has 0 aliphatic rings. The van der Waals surface area contributed by atoms with E-state index < -0.39 is 0 Å². The second-order valence-corrected chi connectivity index (χ2v) is 3.52. The Kier molecular flexibility index (Phi) is 3.92. The zero-order chi connectivity index (χ0) is 11.3. The highest BCUT2D eigenvalue weighted by atomic mass is 16.1. The first kappa shape index (κ1) is 11.3. The van der Waals surface area contributed by atoms with E-state index in [2.05, 4.69) is 11.9 Å². The molecule has 0 fully saturated rings. The fourth-order valence-electron chi connectivity index (χ4n) is 1.30. The van der Waals surface area contributed by atoms with Gasteiger partial charge in [-0.15, -0.1) is 6.58 Å². The van der Waals surface area contributed by atoms with E-state index in [1.807, 2.05) is 6.92 Å². The van der Waals surface area contributed by atoms with E-state index in [1.54, 1.807) is 30.3 Å². The first-order valence-electron chi connectivity index (χ1n) is 4.90. The molecule has 3 nitrogen and oxygen atoms in total. The molecule has 1 unspecified atom stereocenters. The van der Waals surface area contributed by atoms with Crippen molar-refractivity contribution in [1.82, 2.24) is 5.32 Å². The van der Waals surface area contributed by atoms with Crippen LogP contribution in [-0.2, 0) is 0 Å². The molecule has 1 amide bonds. The number of amides is 1. The van der Waals surface area contributed by atoms with Crippen LogP contribution in [0.25, 0.3) is 0 Å². The third-order valence-electron chi connectivity index (χ3n) is 2.05. The summed E-state index contributed by atoms with van der Waals surface area (Å²) in [7, 11) is 0. The number of carbonyl (C=O) groups excluding carboxylic acids is 1. The summed E-state index contributed by atoms with van der Waals surface area (Å²) in [4.78, 5) is 11.7. The zero-order valence-electron chi connectivity index (χ0n) is 8.86. The molecule has 3 heteroatoms. The molecule has 1 atom stereocenters. The number of hydrogen-bond acceptors (Lipinski definition) is 2. The van der Waals surface area contributed by atoms with Crippen LogP contribution in [0.2, 0.25) is 0 Å². The molecule has 80 valence electrons. The maximum absolute atomic E-state index is 11.7. The van der Waals surface area contributed by atoms with Gasteiger partial charge in [0.25, 0.3) is 5.91 Å². The maximum atomic E-state index is 11.7. The average Bonchev–Trinajstić information content (AvgIpc) is 2.18. The molecule has 1 rings (SSSR count). The highest BCUT2D eigenvalue weighted by molar-refractivity contribution is 5.95. The lowest BCUT2D eigenvalue weighted by Crippen LogP contribution is -2.32. The standard InChI is InChI=1S/C12H16N2O/c1-3-5-9(2)14-12(15)10-6-4-7-11(13)8-10/h3-4,6-9H,1,5,13H2,2H3,(H,14,15). The van der Waals surface area contributed by atoms with E-state index in [-0.39, 0.29) is 11.9 Å². The molecular weight excluding hydrogens is 188 g/mol. The van der Waals surface area contributed by atoms with Crippen molar-refractivity contribution in [2.24, 2.45) is 0 Å². The van der Waals surface area contributed by atoms with Crippen LogP contribution in [0, 0.1) is 0 Å². The molecule has 1 aromatic rings. The van der Waals surface area contributed by atoms with Gasteiger partial charge in [0.05, 0.1) is 0 Å². The Hall–Kier alpha value is -1.77. The normalized spacial score (nSPS) is 11.8. The molecule has 1 aromatic carbocycles. The van der Waals surface area contributed by atoms with Gasteiger partial charge < -0.3 is 11.1 Å². The van der Waals surface area contributed by atoms with E-state index in [0.29, 0.717) is 11.3 Å². The molecule has 0 saturated carbocycles. The molecular formula is C12H16N2O. The molecule has 0 aromatic heterocycles. The summed E-state index contributed by atoms with van der Waals surface area (Å²) in [5, 5.41) is 2.86. The third kappa shape index (κ3) is 3.46. The number of anilines is 1. The monoisotopic (exact) mass is 204 g/mol. The van der Waals surface area contributed by atoms with Gasteiger partial charge in [-0.25, -0.2) is 0 Å². The zero-order valence-corrected chi connectivity index (χ0v) is 8.86. The first-order chi connectivity index (χ1) is 7.13. The minimum absolute atomic E-state index is 0.0939. The van der Waals surface area contributed by atoms with Crippen LogP contribution in [0.1, 0.15) is 23.7 Å². The number of benzene rings is 1. The Labute approximate surface area is 90.0 Å². The number of nitrogens with one attached hydrogen (secondary N) is 1. The Morgan fingerprint density at radius 3 is 3.00 bits per heavy atom. The average molecular weight is 204 g/mol. The lowest BCUT2D eigenvalue weighted by molar-refractivity contribution is 0.0940. The highest BCUT2D eigenvalue weighted by Crippen LogP contribution is 2.06. The second kappa shape index (κ2) is 5.20. The summed E-state index contributed by atoms with van der Waals surface area (Å²) in [5.74, 6) is -0.100. The van der Waals surface area contributed by atoms with Gasteiger partial charge in [0, 0.05) is 17.3 Å². The molecule has 15 heavy (non-hydrogen) atoms. The van der Waals surface area contributed by atoms with Crippen LogP contribution in [-0.4, -0.2) is 11.9 Å². The van der Waals surface area contributed by atoms with Crippen molar-refractivity contribution >= 4 is 11.6 Å². The minimum atomic E-state index is -0.100. The van der Waals surface area contributed by atoms with Crippen molar-refractivity contribution in [1.29, 1.82) is 0 Å². The van der Waals surface area contributed by atoms with Gasteiger partial charge in [-0.3, -0.25) is 4.79 Å². The van der Waals surface area contributed by atoms with E-state index in [9.17, 15) is 4.79 Å². The number of carbonyl (C=O) groups is 1. The number of nitrogen functional groups attached to an aromatic ring is 1. The quantitative estimate of drug-likeness (QED) is 0.582. The molecule has 0 heterocycles. The van der Waals surface area contributed by atoms with Crippen molar-refractivity contribution < 1.29 is 4.79 Å². The van der Waals surface area contributed by atoms with Crippen molar-refractivity contribution in [2.45, 2.75) is 19.4 Å². The summed E-state index contributed by atoms with van der Waals surface area (Å²) >= 11 is 0. The lowest BCUT2D eigenvalue weighted by atomic mass is 10.1. The van der Waals surface area contributed by atoms with Crippen molar-refractivity contribution in [3.05, 3.63) is 42.5 Å². The van der Waals surface area contributed by atoms with Gasteiger partial charge in [0.1, 0.15) is 0 Å². The molecule has 0 bridgehead atoms. The van der Waals surface area contributed by atoms with Gasteiger partial charge >= 0.3 is 0 Å². The van der Waals surface area contributed by atoms with Crippen molar-refractivity contribution in [3.63, 3.8) is 0 Å².